The van der Waals surface area contributed by atoms with E-state index in [0.29, 0.717) is 12.0 Å². The molecule has 300 valence electrons. The van der Waals surface area contributed by atoms with Crippen molar-refractivity contribution in [2.45, 2.75) is 257 Å². The van der Waals surface area contributed by atoms with Crippen LogP contribution in [-0.4, -0.2) is 9.55 Å². The van der Waals surface area contributed by atoms with Crippen LogP contribution >= 0.6 is 0 Å². The molecule has 0 saturated heterocycles. The average molecular weight is 719 g/mol. The van der Waals surface area contributed by atoms with Gasteiger partial charge >= 0.3 is 0 Å². The molecule has 1 aromatic heterocycles. The van der Waals surface area contributed by atoms with E-state index in [1.807, 2.05) is 6.20 Å². The molecule has 2 atom stereocenters. The molecule has 2 nitrogen and oxygen atoms in total. The summed E-state index contributed by atoms with van der Waals surface area (Å²) in [6.07, 6.45) is 59.2. The molecule has 1 heterocycles. The van der Waals surface area contributed by atoms with E-state index in [2.05, 4.69) is 66.3 Å². The minimum absolute atomic E-state index is 0.570. The third-order valence-electron chi connectivity index (χ3n) is 12.1. The van der Waals surface area contributed by atoms with Crippen LogP contribution < -0.4 is 0 Å². The van der Waals surface area contributed by atoms with E-state index in [4.69, 9.17) is 0 Å². The lowest BCUT2D eigenvalue weighted by molar-refractivity contribution is 0.275. The Morgan fingerprint density at radius 1 is 0.423 bits per heavy atom. The lowest BCUT2D eigenvalue weighted by atomic mass is 9.84. The topological polar surface area (TPSA) is 17.8 Å². The van der Waals surface area contributed by atoms with Crippen LogP contribution in [0.1, 0.15) is 257 Å². The number of benzene rings is 1. The minimum Gasteiger partial charge on any atom is -0.334 e. The van der Waals surface area contributed by atoms with Gasteiger partial charge in [0.1, 0.15) is 0 Å². The van der Waals surface area contributed by atoms with E-state index in [9.17, 15) is 0 Å². The third-order valence-corrected chi connectivity index (χ3v) is 12.1. The molecular weight excluding hydrogens is 629 g/mol. The molecule has 52 heavy (non-hydrogen) atoms. The zero-order valence-corrected chi connectivity index (χ0v) is 35.3. The number of unbranched alkanes of at least 4 members (excludes halogenated alkanes) is 32. The first-order valence-corrected chi connectivity index (χ1v) is 23.9. The smallest absolute Gasteiger partial charge is 0.0948 e. The predicted octanol–water partition coefficient (Wildman–Crippen LogP) is 17.4. The molecule has 2 unspecified atom stereocenters. The quantitative estimate of drug-likeness (QED) is 0.0627. The van der Waals surface area contributed by atoms with Gasteiger partial charge in [0.05, 0.1) is 6.33 Å². The first kappa shape index (κ1) is 46.6. The number of hydrogen-bond acceptors (Lipinski definition) is 1. The van der Waals surface area contributed by atoms with Gasteiger partial charge in [-0.3, -0.25) is 0 Å². The molecule has 2 rings (SSSR count). The van der Waals surface area contributed by atoms with Crippen molar-refractivity contribution in [3.63, 3.8) is 0 Å². The lowest BCUT2D eigenvalue weighted by Gasteiger charge is -2.29. The van der Waals surface area contributed by atoms with Crippen LogP contribution in [-0.2, 0) is 6.42 Å². The van der Waals surface area contributed by atoms with Gasteiger partial charge in [0, 0.05) is 18.4 Å². The predicted molar refractivity (Wildman–Crippen MR) is 232 cm³/mol. The maximum Gasteiger partial charge on any atom is 0.0948 e. The van der Waals surface area contributed by atoms with Gasteiger partial charge in [0.25, 0.3) is 0 Å². The van der Waals surface area contributed by atoms with Crippen LogP contribution in [0, 0.1) is 5.92 Å². The fourth-order valence-corrected chi connectivity index (χ4v) is 8.65. The molecule has 2 aromatic rings. The Morgan fingerprint density at radius 3 is 1.12 bits per heavy atom. The van der Waals surface area contributed by atoms with Gasteiger partial charge in [-0.2, -0.15) is 0 Å². The Morgan fingerprint density at radius 2 is 0.769 bits per heavy atom. The molecule has 0 spiro atoms. The van der Waals surface area contributed by atoms with Crippen molar-refractivity contribution in [3.8, 4) is 0 Å². The molecule has 0 aliphatic heterocycles. The van der Waals surface area contributed by atoms with E-state index in [1.54, 1.807) is 0 Å². The van der Waals surface area contributed by atoms with Crippen molar-refractivity contribution in [1.82, 2.24) is 9.55 Å². The van der Waals surface area contributed by atoms with Gasteiger partial charge in [-0.1, -0.05) is 262 Å². The van der Waals surface area contributed by atoms with E-state index < -0.39 is 0 Å². The van der Waals surface area contributed by atoms with Gasteiger partial charge in [-0.05, 0) is 30.7 Å². The highest BCUT2D eigenvalue weighted by Crippen LogP contribution is 2.32. The number of nitrogens with zero attached hydrogens (tertiary/aromatic N) is 2. The number of aromatic nitrogens is 2. The fourth-order valence-electron chi connectivity index (χ4n) is 8.65. The van der Waals surface area contributed by atoms with Gasteiger partial charge < -0.3 is 4.57 Å². The monoisotopic (exact) mass is 719 g/mol. The maximum atomic E-state index is 4.50. The minimum atomic E-state index is 0.570. The van der Waals surface area contributed by atoms with Gasteiger partial charge in [-0.15, -0.1) is 0 Å². The Bertz CT molecular complexity index is 936. The highest BCUT2D eigenvalue weighted by molar-refractivity contribution is 5.15. The zero-order valence-electron chi connectivity index (χ0n) is 35.3. The summed E-state index contributed by atoms with van der Waals surface area (Å²) in [5.41, 5.74) is 1.51. The molecule has 2 heteroatoms. The van der Waals surface area contributed by atoms with Crippen LogP contribution in [0.25, 0.3) is 0 Å². The molecular formula is C50H90N2. The molecule has 0 aliphatic rings. The summed E-state index contributed by atoms with van der Waals surface area (Å²) in [6, 6.07) is 11.9. The number of imidazole rings is 1. The van der Waals surface area contributed by atoms with E-state index in [-0.39, 0.29) is 0 Å². The summed E-state index contributed by atoms with van der Waals surface area (Å²) in [5.74, 6) is 0.689. The Balaban J connectivity index is 1.58. The summed E-state index contributed by atoms with van der Waals surface area (Å²) < 4.78 is 2.47. The highest BCUT2D eigenvalue weighted by atomic mass is 15.1. The van der Waals surface area contributed by atoms with Crippen molar-refractivity contribution in [3.05, 3.63) is 54.6 Å². The first-order valence-electron chi connectivity index (χ1n) is 23.9. The van der Waals surface area contributed by atoms with Gasteiger partial charge in [-0.25, -0.2) is 4.98 Å². The third kappa shape index (κ3) is 27.1. The van der Waals surface area contributed by atoms with E-state index in [1.165, 1.54) is 243 Å². The Kier molecular flexibility index (Phi) is 32.6. The fraction of sp³-hybridized carbons (Fsp3) is 0.820. The average Bonchev–Trinajstić information content (AvgIpc) is 3.70. The Labute approximate surface area is 326 Å². The summed E-state index contributed by atoms with van der Waals surface area (Å²) >= 11 is 0. The Hall–Kier alpha value is -1.57. The molecule has 0 N–H and O–H groups in total. The second-order valence-electron chi connectivity index (χ2n) is 16.9. The van der Waals surface area contributed by atoms with Crippen molar-refractivity contribution in [1.29, 1.82) is 0 Å². The number of hydrogen-bond donors (Lipinski definition) is 0. The van der Waals surface area contributed by atoms with Crippen molar-refractivity contribution in [2.24, 2.45) is 5.92 Å². The van der Waals surface area contributed by atoms with Crippen LogP contribution in [0.15, 0.2) is 49.1 Å². The second kappa shape index (κ2) is 36.4. The SMILES string of the molecule is CCCCCCCCCCCCCCCCCCCC(Cc1ccccc1)C(CCCCCCCCCCCCCCCCCCC)n1ccnc1. The normalized spacial score (nSPS) is 12.8. The second-order valence-corrected chi connectivity index (χ2v) is 16.9. The van der Waals surface area contributed by atoms with Crippen molar-refractivity contribution >= 4 is 0 Å². The largest absolute Gasteiger partial charge is 0.334 e. The molecule has 1 aromatic carbocycles. The molecule has 0 bridgehead atoms. The molecule has 0 aliphatic carbocycles. The molecule has 0 fully saturated rings. The van der Waals surface area contributed by atoms with Crippen LogP contribution in [0.2, 0.25) is 0 Å². The van der Waals surface area contributed by atoms with E-state index in [0.717, 1.165) is 0 Å². The number of rotatable bonds is 40. The molecule has 0 radical (unpaired) electrons. The van der Waals surface area contributed by atoms with Crippen LogP contribution in [0.4, 0.5) is 0 Å². The van der Waals surface area contributed by atoms with Gasteiger partial charge in [0.2, 0.25) is 0 Å². The standard InChI is InChI=1S/C50H90N2/c1-3-5-7-9-11-13-15-17-19-21-23-25-27-29-31-33-38-42-49(46-48-40-36-35-37-41-48)50(52-45-44-51-47-52)43-39-34-32-30-28-26-24-22-20-18-16-14-12-10-8-6-4-2/h35-37,40-41,44-45,47,49-50H,3-34,38-39,42-43,46H2,1-2H3. The van der Waals surface area contributed by atoms with Crippen LogP contribution in [0.3, 0.4) is 0 Å². The summed E-state index contributed by atoms with van der Waals surface area (Å²) in [7, 11) is 0. The summed E-state index contributed by atoms with van der Waals surface area (Å²) in [5, 5.41) is 0. The van der Waals surface area contributed by atoms with Crippen molar-refractivity contribution < 1.29 is 0 Å². The maximum absolute atomic E-state index is 4.50. The van der Waals surface area contributed by atoms with Crippen LogP contribution in [0.5, 0.6) is 0 Å². The zero-order chi connectivity index (χ0) is 36.8. The molecule has 0 amide bonds. The van der Waals surface area contributed by atoms with Crippen molar-refractivity contribution in [2.75, 3.05) is 0 Å². The van der Waals surface area contributed by atoms with Gasteiger partial charge in [0.15, 0.2) is 0 Å². The van der Waals surface area contributed by atoms with E-state index >= 15 is 0 Å². The summed E-state index contributed by atoms with van der Waals surface area (Å²) in [6.45, 7) is 4.62. The summed E-state index contributed by atoms with van der Waals surface area (Å²) in [4.78, 5) is 4.50. The lowest BCUT2D eigenvalue weighted by Crippen LogP contribution is -2.21. The first-order chi connectivity index (χ1) is 25.8. The highest BCUT2D eigenvalue weighted by Gasteiger charge is 2.23. The molecule has 0 saturated carbocycles.